The van der Waals surface area contributed by atoms with Crippen LogP contribution < -0.4 is 10.6 Å². The van der Waals surface area contributed by atoms with E-state index in [1.54, 1.807) is 0 Å². The van der Waals surface area contributed by atoms with Crippen LogP contribution in [0.25, 0.3) is 0 Å². The van der Waals surface area contributed by atoms with Gasteiger partial charge in [-0.1, -0.05) is 24.3 Å². The molecule has 0 saturated carbocycles. The second-order valence-corrected chi connectivity index (χ2v) is 5.23. The zero-order valence-electron chi connectivity index (χ0n) is 13.1. The van der Waals surface area contributed by atoms with Crippen molar-refractivity contribution < 1.29 is 4.74 Å². The molecular weight excluding hydrogens is 264 g/mol. The van der Waals surface area contributed by atoms with Crippen molar-refractivity contribution in [2.24, 2.45) is 4.99 Å². The Hall–Kier alpha value is -1.59. The lowest BCUT2D eigenvalue weighted by Gasteiger charge is -2.26. The van der Waals surface area contributed by atoms with Gasteiger partial charge < -0.3 is 15.4 Å². The lowest BCUT2D eigenvalue weighted by molar-refractivity contribution is 0.0389. The van der Waals surface area contributed by atoms with E-state index in [0.717, 1.165) is 51.9 Å². The summed E-state index contributed by atoms with van der Waals surface area (Å²) in [6.45, 7) is 8.59. The molecule has 0 unspecified atom stereocenters. The summed E-state index contributed by atoms with van der Waals surface area (Å²) in [7, 11) is 1.81. The van der Waals surface area contributed by atoms with Crippen molar-refractivity contribution in [3.05, 3.63) is 35.4 Å². The quantitative estimate of drug-likeness (QED) is 0.627. The van der Waals surface area contributed by atoms with Gasteiger partial charge in [0.05, 0.1) is 13.2 Å². The summed E-state index contributed by atoms with van der Waals surface area (Å²) in [5.74, 6) is 0.853. The zero-order chi connectivity index (χ0) is 14.9. The molecule has 5 nitrogen and oxygen atoms in total. The van der Waals surface area contributed by atoms with Crippen molar-refractivity contribution >= 4 is 5.96 Å². The smallest absolute Gasteiger partial charge is 0.191 e. The number of morpholine rings is 1. The predicted octanol–water partition coefficient (Wildman–Crippen LogP) is 0.992. The van der Waals surface area contributed by atoms with Gasteiger partial charge >= 0.3 is 0 Å². The maximum absolute atomic E-state index is 5.35. The van der Waals surface area contributed by atoms with Crippen molar-refractivity contribution in [2.75, 3.05) is 46.4 Å². The highest BCUT2D eigenvalue weighted by atomic mass is 16.5. The Morgan fingerprint density at radius 2 is 2.00 bits per heavy atom. The summed E-state index contributed by atoms with van der Waals surface area (Å²) in [4.78, 5) is 6.67. The molecule has 2 rings (SSSR count). The molecule has 0 bridgehead atoms. The first-order valence-electron chi connectivity index (χ1n) is 7.58. The Balaban J connectivity index is 1.69. The Kier molecular flexibility index (Phi) is 6.50. The standard InChI is InChI=1S/C16H26N4O/c1-14-5-3-4-6-15(14)13-19-16(17-2)18-7-8-20-9-11-21-12-10-20/h3-6H,7-13H2,1-2H3,(H2,17,18,19). The maximum atomic E-state index is 5.35. The van der Waals surface area contributed by atoms with Gasteiger partial charge in [0.15, 0.2) is 5.96 Å². The monoisotopic (exact) mass is 290 g/mol. The van der Waals surface area contributed by atoms with Crippen LogP contribution in [0.1, 0.15) is 11.1 Å². The van der Waals surface area contributed by atoms with E-state index in [-0.39, 0.29) is 0 Å². The fraction of sp³-hybridized carbons (Fsp3) is 0.562. The zero-order valence-corrected chi connectivity index (χ0v) is 13.1. The molecule has 1 aliphatic rings. The van der Waals surface area contributed by atoms with E-state index in [2.05, 4.69) is 51.7 Å². The van der Waals surface area contributed by atoms with E-state index in [9.17, 15) is 0 Å². The van der Waals surface area contributed by atoms with E-state index in [1.165, 1.54) is 11.1 Å². The van der Waals surface area contributed by atoms with Crippen molar-refractivity contribution in [1.82, 2.24) is 15.5 Å². The van der Waals surface area contributed by atoms with Gasteiger partial charge in [0.25, 0.3) is 0 Å². The molecule has 0 aromatic heterocycles. The summed E-state index contributed by atoms with van der Waals surface area (Å²) in [6, 6.07) is 8.40. The highest BCUT2D eigenvalue weighted by Gasteiger charge is 2.09. The average molecular weight is 290 g/mol. The molecule has 2 N–H and O–H groups in total. The van der Waals surface area contributed by atoms with Crippen molar-refractivity contribution in [3.63, 3.8) is 0 Å². The van der Waals surface area contributed by atoms with Gasteiger partial charge in [-0.15, -0.1) is 0 Å². The largest absolute Gasteiger partial charge is 0.379 e. The minimum atomic E-state index is 0.796. The fourth-order valence-corrected chi connectivity index (χ4v) is 2.37. The number of benzene rings is 1. The van der Waals surface area contributed by atoms with Gasteiger partial charge in [-0.2, -0.15) is 0 Å². The number of nitrogens with one attached hydrogen (secondary N) is 2. The first kappa shape index (κ1) is 15.8. The van der Waals surface area contributed by atoms with Crippen molar-refractivity contribution in [3.8, 4) is 0 Å². The Labute approximate surface area is 127 Å². The van der Waals surface area contributed by atoms with E-state index >= 15 is 0 Å². The summed E-state index contributed by atoms with van der Waals surface area (Å²) in [5, 5.41) is 6.72. The minimum absolute atomic E-state index is 0.796. The van der Waals surface area contributed by atoms with Gasteiger partial charge in [0, 0.05) is 39.8 Å². The maximum Gasteiger partial charge on any atom is 0.191 e. The summed E-state index contributed by atoms with van der Waals surface area (Å²) in [6.07, 6.45) is 0. The molecule has 5 heteroatoms. The molecule has 1 heterocycles. The number of nitrogens with zero attached hydrogens (tertiary/aromatic N) is 2. The number of rotatable bonds is 5. The number of aliphatic imine (C=N–C) groups is 1. The van der Waals surface area contributed by atoms with Crippen LogP contribution in [-0.4, -0.2) is 57.3 Å². The number of hydrogen-bond acceptors (Lipinski definition) is 3. The molecule has 1 fully saturated rings. The summed E-state index contributed by atoms with van der Waals surface area (Å²) < 4.78 is 5.35. The molecular formula is C16H26N4O. The van der Waals surface area contributed by atoms with Crippen LogP contribution in [0.15, 0.2) is 29.3 Å². The molecule has 0 atom stereocenters. The van der Waals surface area contributed by atoms with Crippen molar-refractivity contribution in [1.29, 1.82) is 0 Å². The molecule has 0 radical (unpaired) electrons. The average Bonchev–Trinajstić information content (AvgIpc) is 2.53. The molecule has 1 saturated heterocycles. The van der Waals surface area contributed by atoms with Gasteiger partial charge in [0.1, 0.15) is 0 Å². The van der Waals surface area contributed by atoms with Crippen LogP contribution >= 0.6 is 0 Å². The molecule has 0 amide bonds. The SMILES string of the molecule is CN=C(NCCN1CCOCC1)NCc1ccccc1C. The minimum Gasteiger partial charge on any atom is -0.379 e. The predicted molar refractivity (Wildman–Crippen MR) is 86.6 cm³/mol. The highest BCUT2D eigenvalue weighted by molar-refractivity contribution is 5.79. The van der Waals surface area contributed by atoms with E-state index in [4.69, 9.17) is 4.74 Å². The Morgan fingerprint density at radius 3 is 2.71 bits per heavy atom. The van der Waals surface area contributed by atoms with E-state index < -0.39 is 0 Å². The second kappa shape index (κ2) is 8.64. The third kappa shape index (κ3) is 5.36. The van der Waals surface area contributed by atoms with Crippen LogP contribution in [0.5, 0.6) is 0 Å². The van der Waals surface area contributed by atoms with Crippen LogP contribution in [0.2, 0.25) is 0 Å². The molecule has 1 aliphatic heterocycles. The lowest BCUT2D eigenvalue weighted by Crippen LogP contribution is -2.44. The van der Waals surface area contributed by atoms with Crippen LogP contribution in [-0.2, 0) is 11.3 Å². The fourth-order valence-electron chi connectivity index (χ4n) is 2.37. The molecule has 21 heavy (non-hydrogen) atoms. The van der Waals surface area contributed by atoms with Crippen LogP contribution in [0.4, 0.5) is 0 Å². The molecule has 116 valence electrons. The first-order chi connectivity index (χ1) is 10.3. The molecule has 1 aromatic carbocycles. The van der Waals surface area contributed by atoms with E-state index in [1.807, 2.05) is 7.05 Å². The number of hydrogen-bond donors (Lipinski definition) is 2. The van der Waals surface area contributed by atoms with E-state index in [0.29, 0.717) is 0 Å². The summed E-state index contributed by atoms with van der Waals surface area (Å²) in [5.41, 5.74) is 2.60. The molecule has 0 spiro atoms. The first-order valence-corrected chi connectivity index (χ1v) is 7.58. The van der Waals surface area contributed by atoms with Crippen molar-refractivity contribution in [2.45, 2.75) is 13.5 Å². The normalized spacial score (nSPS) is 16.8. The van der Waals surface area contributed by atoms with Crippen LogP contribution in [0, 0.1) is 6.92 Å². The third-order valence-corrected chi connectivity index (χ3v) is 3.76. The van der Waals surface area contributed by atoms with Gasteiger partial charge in [0.2, 0.25) is 0 Å². The topological polar surface area (TPSA) is 48.9 Å². The van der Waals surface area contributed by atoms with Crippen LogP contribution in [0.3, 0.4) is 0 Å². The number of aryl methyl sites for hydroxylation is 1. The number of ether oxygens (including phenoxy) is 1. The van der Waals surface area contributed by atoms with Gasteiger partial charge in [-0.05, 0) is 18.1 Å². The second-order valence-electron chi connectivity index (χ2n) is 5.23. The summed E-state index contributed by atoms with van der Waals surface area (Å²) >= 11 is 0. The third-order valence-electron chi connectivity index (χ3n) is 3.76. The highest BCUT2D eigenvalue weighted by Crippen LogP contribution is 2.05. The van der Waals surface area contributed by atoms with Gasteiger partial charge in [-0.3, -0.25) is 9.89 Å². The molecule has 1 aromatic rings. The number of guanidine groups is 1. The Morgan fingerprint density at radius 1 is 1.24 bits per heavy atom. The Bertz CT molecular complexity index is 455. The molecule has 0 aliphatic carbocycles. The lowest BCUT2D eigenvalue weighted by atomic mass is 10.1. The van der Waals surface area contributed by atoms with Gasteiger partial charge in [-0.25, -0.2) is 0 Å².